The van der Waals surface area contributed by atoms with E-state index < -0.39 is 46.5 Å². The van der Waals surface area contributed by atoms with E-state index in [1.54, 1.807) is 45.0 Å². The number of carbonyl (C=O) groups excluding carboxylic acids is 6. The Morgan fingerprint density at radius 2 is 1.57 bits per heavy atom. The molecular formula is C33H49N5O10S. The lowest BCUT2D eigenvalue weighted by Gasteiger charge is -2.28. The van der Waals surface area contributed by atoms with Crippen molar-refractivity contribution in [3.63, 3.8) is 0 Å². The van der Waals surface area contributed by atoms with E-state index in [4.69, 9.17) is 9.84 Å². The summed E-state index contributed by atoms with van der Waals surface area (Å²) in [6.07, 6.45) is 1.39. The molecule has 272 valence electrons. The molecule has 5 N–H and O–H groups in total. The van der Waals surface area contributed by atoms with Crippen LogP contribution in [-0.2, 0) is 44.8 Å². The summed E-state index contributed by atoms with van der Waals surface area (Å²) >= 11 is 4.50. The molecule has 1 aliphatic rings. The zero-order valence-corrected chi connectivity index (χ0v) is 29.8. The Morgan fingerprint density at radius 1 is 0.959 bits per heavy atom. The monoisotopic (exact) mass is 707 g/mol. The summed E-state index contributed by atoms with van der Waals surface area (Å²) in [5, 5.41) is 19.2. The fraction of sp³-hybridized carbons (Fsp3) is 0.545. The molecule has 0 radical (unpaired) electrons. The Hall–Kier alpha value is -4.44. The number of anilines is 1. The van der Waals surface area contributed by atoms with Crippen molar-refractivity contribution in [1.82, 2.24) is 20.9 Å². The Balaban J connectivity index is 0.00000589. The first-order chi connectivity index (χ1) is 23.1. The number of amides is 6. The molecule has 16 heteroatoms. The van der Waals surface area contributed by atoms with Crippen molar-refractivity contribution in [2.24, 2.45) is 5.92 Å². The zero-order chi connectivity index (χ0) is 37.1. The largest absolute Gasteiger partial charge is 0.506 e. The molecule has 1 aromatic carbocycles. The molecule has 0 bridgehead atoms. The van der Waals surface area contributed by atoms with Gasteiger partial charge in [-0.2, -0.15) is 12.6 Å². The van der Waals surface area contributed by atoms with Gasteiger partial charge in [-0.05, 0) is 50.3 Å². The van der Waals surface area contributed by atoms with Crippen molar-refractivity contribution in [3.8, 4) is 0 Å². The van der Waals surface area contributed by atoms with Gasteiger partial charge in [-0.25, -0.2) is 4.79 Å². The number of hydrogen-bond donors (Lipinski definition) is 6. The van der Waals surface area contributed by atoms with E-state index >= 15 is 0 Å². The van der Waals surface area contributed by atoms with Gasteiger partial charge in [0.25, 0.3) is 11.8 Å². The molecule has 0 fully saturated rings. The molecule has 3 unspecified atom stereocenters. The van der Waals surface area contributed by atoms with Crippen LogP contribution in [0.3, 0.4) is 0 Å². The minimum Gasteiger partial charge on any atom is -0.450 e. The quantitative estimate of drug-likeness (QED) is 0.0703. The van der Waals surface area contributed by atoms with E-state index in [-0.39, 0.29) is 57.1 Å². The summed E-state index contributed by atoms with van der Waals surface area (Å²) in [7, 11) is 0. The Bertz CT molecular complexity index is 1320. The highest BCUT2D eigenvalue weighted by molar-refractivity contribution is 7.82. The van der Waals surface area contributed by atoms with E-state index in [1.807, 2.05) is 20.8 Å². The number of benzene rings is 1. The van der Waals surface area contributed by atoms with Gasteiger partial charge in [0, 0.05) is 44.0 Å². The highest BCUT2D eigenvalue weighted by Crippen LogP contribution is 2.20. The number of carbonyl (C=O) groups is 7. The van der Waals surface area contributed by atoms with Crippen LogP contribution >= 0.6 is 12.6 Å². The van der Waals surface area contributed by atoms with Crippen LogP contribution in [0.2, 0.25) is 0 Å². The average molecular weight is 708 g/mol. The van der Waals surface area contributed by atoms with Crippen molar-refractivity contribution < 1.29 is 48.1 Å². The first-order valence-corrected chi connectivity index (χ1v) is 16.5. The number of nitrogens with zero attached hydrogens (tertiary/aromatic N) is 1. The molecule has 49 heavy (non-hydrogen) atoms. The predicted octanol–water partition coefficient (Wildman–Crippen LogP) is 2.41. The van der Waals surface area contributed by atoms with Crippen LogP contribution in [0.25, 0.3) is 0 Å². The van der Waals surface area contributed by atoms with Crippen molar-refractivity contribution in [2.45, 2.75) is 84.3 Å². The van der Waals surface area contributed by atoms with Gasteiger partial charge in [-0.1, -0.05) is 39.8 Å². The van der Waals surface area contributed by atoms with E-state index in [0.717, 1.165) is 17.1 Å². The molecule has 1 aliphatic heterocycles. The number of imide groups is 1. The Labute approximate surface area is 292 Å². The molecule has 0 aromatic heterocycles. The van der Waals surface area contributed by atoms with Crippen LogP contribution in [0.15, 0.2) is 36.4 Å². The van der Waals surface area contributed by atoms with Crippen molar-refractivity contribution in [1.29, 1.82) is 0 Å². The molecule has 3 atom stereocenters. The summed E-state index contributed by atoms with van der Waals surface area (Å²) in [4.78, 5) is 85.0. The van der Waals surface area contributed by atoms with Gasteiger partial charge >= 0.3 is 6.16 Å². The molecule has 1 heterocycles. The molecule has 0 saturated carbocycles. The second-order valence-corrected chi connectivity index (χ2v) is 12.5. The fourth-order valence-electron chi connectivity index (χ4n) is 4.17. The van der Waals surface area contributed by atoms with Crippen LogP contribution in [-0.4, -0.2) is 94.7 Å². The second-order valence-electron chi connectivity index (χ2n) is 11.5. The van der Waals surface area contributed by atoms with E-state index in [1.165, 1.54) is 0 Å². The first kappa shape index (κ1) is 42.6. The maximum Gasteiger partial charge on any atom is 0.506 e. The number of hydrogen-bond acceptors (Lipinski definition) is 10. The average Bonchev–Trinajstić information content (AvgIpc) is 3.37. The van der Waals surface area contributed by atoms with Crippen LogP contribution in [0.1, 0.15) is 66.4 Å². The van der Waals surface area contributed by atoms with Crippen molar-refractivity contribution in [2.75, 3.05) is 31.6 Å². The van der Waals surface area contributed by atoms with Crippen LogP contribution in [0, 0.1) is 5.92 Å². The van der Waals surface area contributed by atoms with Crippen LogP contribution < -0.4 is 21.3 Å². The summed E-state index contributed by atoms with van der Waals surface area (Å²) < 4.78 is 9.09. The third-order valence-corrected chi connectivity index (χ3v) is 7.50. The lowest BCUT2D eigenvalue weighted by atomic mass is 10.0. The highest BCUT2D eigenvalue weighted by Gasteiger charge is 2.33. The van der Waals surface area contributed by atoms with Gasteiger partial charge < -0.3 is 35.8 Å². The highest BCUT2D eigenvalue weighted by atomic mass is 32.1. The Morgan fingerprint density at radius 3 is 2.14 bits per heavy atom. The lowest BCUT2D eigenvalue weighted by molar-refractivity contribution is -0.137. The number of nitrogens with one attached hydrogen (secondary N) is 4. The maximum absolute atomic E-state index is 13.1. The van der Waals surface area contributed by atoms with E-state index in [9.17, 15) is 33.6 Å². The van der Waals surface area contributed by atoms with E-state index in [0.29, 0.717) is 24.2 Å². The smallest absolute Gasteiger partial charge is 0.450 e. The SMILES string of the molecule is CC.CC(CCNC(=O)CCN1C(=O)C=CC1=O)OCCC(C)(S)C(=O)NC(C(=O)NCC(=O)Nc1ccc(COC(=O)O)cc1)C(C)C. The molecule has 6 amide bonds. The molecule has 0 spiro atoms. The molecule has 1 aromatic rings. The van der Waals surface area contributed by atoms with Crippen LogP contribution in [0.4, 0.5) is 10.5 Å². The summed E-state index contributed by atoms with van der Waals surface area (Å²) in [6, 6.07) is 5.39. The summed E-state index contributed by atoms with van der Waals surface area (Å²) in [5.74, 6) is -3.01. The fourth-order valence-corrected chi connectivity index (χ4v) is 4.32. The first-order valence-electron chi connectivity index (χ1n) is 16.1. The van der Waals surface area contributed by atoms with Gasteiger partial charge in [0.2, 0.25) is 23.6 Å². The number of carboxylic acid groups (broad SMARTS) is 1. The van der Waals surface area contributed by atoms with E-state index in [2.05, 4.69) is 38.6 Å². The Kier molecular flexibility index (Phi) is 18.7. The van der Waals surface area contributed by atoms with Gasteiger partial charge in [0.1, 0.15) is 12.6 Å². The number of rotatable bonds is 19. The normalized spacial score (nSPS) is 14.6. The van der Waals surface area contributed by atoms with Gasteiger partial charge in [-0.3, -0.25) is 33.7 Å². The number of ether oxygens (including phenoxy) is 2. The third kappa shape index (κ3) is 16.0. The van der Waals surface area contributed by atoms with Gasteiger partial charge in [0.05, 0.1) is 17.4 Å². The molecule has 2 rings (SSSR count). The summed E-state index contributed by atoms with van der Waals surface area (Å²) in [6.45, 7) is 11.0. The van der Waals surface area contributed by atoms with Crippen LogP contribution in [0.5, 0.6) is 0 Å². The predicted molar refractivity (Wildman–Crippen MR) is 185 cm³/mol. The second kappa shape index (κ2) is 21.5. The molecular weight excluding hydrogens is 658 g/mol. The lowest BCUT2D eigenvalue weighted by Crippen LogP contribution is -2.55. The van der Waals surface area contributed by atoms with Crippen molar-refractivity contribution in [3.05, 3.63) is 42.0 Å². The van der Waals surface area contributed by atoms with Crippen molar-refractivity contribution >= 4 is 59.9 Å². The zero-order valence-electron chi connectivity index (χ0n) is 28.9. The topological polar surface area (TPSA) is 210 Å². The van der Waals surface area contributed by atoms with Gasteiger partial charge in [0.15, 0.2) is 0 Å². The molecule has 15 nitrogen and oxygen atoms in total. The maximum atomic E-state index is 13.1. The number of thiol groups is 1. The third-order valence-electron chi connectivity index (χ3n) is 7.08. The van der Waals surface area contributed by atoms with Gasteiger partial charge in [-0.15, -0.1) is 0 Å². The standard InChI is InChI=1S/C31H43N5O10S.C2H6/c1-19(2)27(28(41)33-17-24(38)34-22-7-5-21(6-8-22)18-46-30(43)44)35-29(42)31(4,47)13-16-45-20(3)11-14-32-23(37)12-15-36-25(39)9-10-26(36)40;1-2/h5-10,19-20,27,47H,11-18H2,1-4H3,(H,32,37)(H,33,41)(H,34,38)(H,35,42)(H,43,44);1-2H3. The minimum absolute atomic E-state index is 0.00535. The summed E-state index contributed by atoms with van der Waals surface area (Å²) in [5.41, 5.74) is 1.03. The molecule has 0 aliphatic carbocycles. The molecule has 0 saturated heterocycles. The minimum atomic E-state index is -1.39.